The van der Waals surface area contributed by atoms with Crippen molar-refractivity contribution in [1.29, 1.82) is 0 Å². The standard InChI is InChI=1S/C8H15Br2NO/c1-5(2)11(6(3)4)8(12)7(9)10/h5-7H,1-4H3. The summed E-state index contributed by atoms with van der Waals surface area (Å²) in [6.45, 7) is 8.06. The van der Waals surface area contributed by atoms with Crippen LogP contribution in [0.3, 0.4) is 0 Å². The van der Waals surface area contributed by atoms with Crippen molar-refractivity contribution in [3.63, 3.8) is 0 Å². The SMILES string of the molecule is CC(C)N(C(=O)C(Br)Br)C(C)C. The van der Waals surface area contributed by atoms with E-state index in [4.69, 9.17) is 0 Å². The van der Waals surface area contributed by atoms with Crippen molar-refractivity contribution >= 4 is 37.8 Å². The van der Waals surface area contributed by atoms with E-state index in [0.29, 0.717) is 0 Å². The number of hydrogen-bond acceptors (Lipinski definition) is 1. The average molecular weight is 301 g/mol. The summed E-state index contributed by atoms with van der Waals surface area (Å²) in [6.07, 6.45) is 0. The monoisotopic (exact) mass is 299 g/mol. The Morgan fingerprint density at radius 3 is 1.50 bits per heavy atom. The summed E-state index contributed by atoms with van der Waals surface area (Å²) in [7, 11) is 0. The first-order valence-electron chi connectivity index (χ1n) is 3.98. The Labute approximate surface area is 91.0 Å². The van der Waals surface area contributed by atoms with Crippen LogP contribution in [0.1, 0.15) is 27.7 Å². The Balaban J connectivity index is 4.41. The van der Waals surface area contributed by atoms with Gasteiger partial charge < -0.3 is 4.90 Å². The highest BCUT2D eigenvalue weighted by Gasteiger charge is 2.23. The number of amides is 1. The number of carbonyl (C=O) groups excluding carboxylic acids is 1. The van der Waals surface area contributed by atoms with Gasteiger partial charge in [0.2, 0.25) is 5.91 Å². The van der Waals surface area contributed by atoms with Crippen molar-refractivity contribution in [2.24, 2.45) is 0 Å². The third-order valence-electron chi connectivity index (χ3n) is 1.55. The zero-order valence-electron chi connectivity index (χ0n) is 7.84. The Morgan fingerprint density at radius 1 is 1.08 bits per heavy atom. The summed E-state index contributed by atoms with van der Waals surface area (Å²) < 4.78 is -0.269. The molecule has 4 heteroatoms. The zero-order chi connectivity index (χ0) is 9.89. The largest absolute Gasteiger partial charge is 0.336 e. The Kier molecular flexibility index (Phi) is 5.41. The van der Waals surface area contributed by atoms with Gasteiger partial charge >= 0.3 is 0 Å². The zero-order valence-corrected chi connectivity index (χ0v) is 11.0. The van der Waals surface area contributed by atoms with E-state index in [-0.39, 0.29) is 21.7 Å². The van der Waals surface area contributed by atoms with Crippen LogP contribution in [0, 0.1) is 0 Å². The molecule has 72 valence electrons. The molecule has 0 heterocycles. The molecular weight excluding hydrogens is 286 g/mol. The van der Waals surface area contributed by atoms with Crippen LogP contribution in [0.15, 0.2) is 0 Å². The third-order valence-corrected chi connectivity index (χ3v) is 2.34. The third kappa shape index (κ3) is 3.44. The van der Waals surface area contributed by atoms with Crippen LogP contribution in [0.2, 0.25) is 0 Å². The van der Waals surface area contributed by atoms with Gasteiger partial charge in [0.05, 0.1) is 0 Å². The molecule has 0 aromatic rings. The highest BCUT2D eigenvalue weighted by molar-refractivity contribution is 9.25. The van der Waals surface area contributed by atoms with E-state index in [9.17, 15) is 4.79 Å². The van der Waals surface area contributed by atoms with Crippen LogP contribution < -0.4 is 0 Å². The van der Waals surface area contributed by atoms with Gasteiger partial charge in [0.15, 0.2) is 0 Å². The van der Waals surface area contributed by atoms with Gasteiger partial charge in [0.1, 0.15) is 3.74 Å². The molecule has 0 spiro atoms. The van der Waals surface area contributed by atoms with E-state index in [0.717, 1.165) is 0 Å². The molecule has 12 heavy (non-hydrogen) atoms. The minimum absolute atomic E-state index is 0.0833. The van der Waals surface area contributed by atoms with Crippen molar-refractivity contribution in [3.05, 3.63) is 0 Å². The van der Waals surface area contributed by atoms with Gasteiger partial charge in [-0.25, -0.2) is 0 Å². The van der Waals surface area contributed by atoms with Crippen molar-refractivity contribution in [1.82, 2.24) is 4.90 Å². The minimum Gasteiger partial charge on any atom is -0.336 e. The topological polar surface area (TPSA) is 20.3 Å². The van der Waals surface area contributed by atoms with Crippen molar-refractivity contribution in [2.75, 3.05) is 0 Å². The van der Waals surface area contributed by atoms with Gasteiger partial charge in [0.25, 0.3) is 0 Å². The predicted octanol–water partition coefficient (Wildman–Crippen LogP) is 2.75. The maximum absolute atomic E-state index is 11.6. The van der Waals surface area contributed by atoms with Crippen LogP contribution >= 0.6 is 31.9 Å². The highest BCUT2D eigenvalue weighted by Crippen LogP contribution is 2.16. The fourth-order valence-corrected chi connectivity index (χ4v) is 1.69. The van der Waals surface area contributed by atoms with Gasteiger partial charge in [-0.15, -0.1) is 0 Å². The summed E-state index contributed by atoms with van der Waals surface area (Å²) in [6, 6.07) is 0.491. The second-order valence-electron chi connectivity index (χ2n) is 3.23. The first-order valence-corrected chi connectivity index (χ1v) is 5.81. The van der Waals surface area contributed by atoms with Crippen LogP contribution in [0.4, 0.5) is 0 Å². The lowest BCUT2D eigenvalue weighted by Gasteiger charge is -2.31. The fraction of sp³-hybridized carbons (Fsp3) is 0.875. The number of carbonyl (C=O) groups is 1. The van der Waals surface area contributed by atoms with E-state index < -0.39 is 0 Å². The maximum atomic E-state index is 11.6. The molecule has 0 N–H and O–H groups in total. The van der Waals surface area contributed by atoms with Crippen molar-refractivity contribution in [3.8, 4) is 0 Å². The number of nitrogens with zero attached hydrogens (tertiary/aromatic N) is 1. The smallest absolute Gasteiger partial charge is 0.247 e. The van der Waals surface area contributed by atoms with Gasteiger partial charge in [0, 0.05) is 12.1 Å². The lowest BCUT2D eigenvalue weighted by Crippen LogP contribution is -2.44. The van der Waals surface area contributed by atoms with Crippen LogP contribution in [0.5, 0.6) is 0 Å². The summed E-state index contributed by atoms with van der Waals surface area (Å²) in [5.74, 6) is 0.0833. The van der Waals surface area contributed by atoms with E-state index in [1.54, 1.807) is 0 Å². The van der Waals surface area contributed by atoms with Gasteiger partial charge in [-0.1, -0.05) is 31.9 Å². The molecule has 0 saturated heterocycles. The molecule has 0 fully saturated rings. The second-order valence-corrected chi connectivity index (χ2v) is 6.29. The first kappa shape index (κ1) is 12.4. The molecule has 0 unspecified atom stereocenters. The van der Waals surface area contributed by atoms with Crippen molar-refractivity contribution in [2.45, 2.75) is 43.5 Å². The molecule has 0 aromatic carbocycles. The quantitative estimate of drug-likeness (QED) is 0.734. The molecule has 0 bridgehead atoms. The predicted molar refractivity (Wildman–Crippen MR) is 58.8 cm³/mol. The molecule has 0 aliphatic rings. The summed E-state index contributed by atoms with van der Waals surface area (Å²) in [5, 5.41) is 0. The van der Waals surface area contributed by atoms with Crippen LogP contribution in [-0.4, -0.2) is 26.6 Å². The Bertz CT molecular complexity index is 149. The fourth-order valence-electron chi connectivity index (χ4n) is 1.22. The molecule has 0 saturated carbocycles. The van der Waals surface area contributed by atoms with E-state index in [1.165, 1.54) is 0 Å². The molecule has 2 nitrogen and oxygen atoms in total. The number of alkyl halides is 2. The normalized spacial score (nSPS) is 11.4. The first-order chi connectivity index (χ1) is 5.37. The maximum Gasteiger partial charge on any atom is 0.247 e. The lowest BCUT2D eigenvalue weighted by molar-refractivity contribution is -0.132. The molecule has 0 radical (unpaired) electrons. The molecular formula is C8H15Br2NO. The number of hydrogen-bond donors (Lipinski definition) is 0. The van der Waals surface area contributed by atoms with Crippen LogP contribution in [0.25, 0.3) is 0 Å². The highest BCUT2D eigenvalue weighted by atomic mass is 79.9. The summed E-state index contributed by atoms with van der Waals surface area (Å²) in [4.78, 5) is 13.4. The Morgan fingerprint density at radius 2 is 1.42 bits per heavy atom. The molecule has 0 atom stereocenters. The molecule has 0 rings (SSSR count). The summed E-state index contributed by atoms with van der Waals surface area (Å²) >= 11 is 6.40. The summed E-state index contributed by atoms with van der Waals surface area (Å²) in [5.41, 5.74) is 0. The number of rotatable bonds is 3. The van der Waals surface area contributed by atoms with Crippen molar-refractivity contribution < 1.29 is 4.79 Å². The van der Waals surface area contributed by atoms with E-state index >= 15 is 0 Å². The minimum atomic E-state index is -0.269. The average Bonchev–Trinajstić information content (AvgIpc) is 1.85. The van der Waals surface area contributed by atoms with E-state index in [1.807, 2.05) is 32.6 Å². The molecule has 1 amide bonds. The van der Waals surface area contributed by atoms with Gasteiger partial charge in [-0.3, -0.25) is 4.79 Å². The second kappa shape index (κ2) is 5.22. The molecule has 0 aliphatic heterocycles. The van der Waals surface area contributed by atoms with Gasteiger partial charge in [-0.05, 0) is 27.7 Å². The number of halogens is 2. The lowest BCUT2D eigenvalue weighted by atomic mass is 10.2. The Hall–Kier alpha value is 0.430. The molecule has 0 aromatic heterocycles. The van der Waals surface area contributed by atoms with Gasteiger partial charge in [-0.2, -0.15) is 0 Å². The van der Waals surface area contributed by atoms with E-state index in [2.05, 4.69) is 31.9 Å². The molecule has 0 aliphatic carbocycles. The van der Waals surface area contributed by atoms with Crippen LogP contribution in [-0.2, 0) is 4.79 Å².